The van der Waals surface area contributed by atoms with E-state index in [9.17, 15) is 0 Å². The van der Waals surface area contributed by atoms with Gasteiger partial charge in [-0.1, -0.05) is 6.92 Å². The second-order valence-electron chi connectivity index (χ2n) is 4.17. The Kier molecular flexibility index (Phi) is 4.32. The largest absolute Gasteiger partial charge is 0.371 e. The van der Waals surface area contributed by atoms with Crippen molar-refractivity contribution in [2.45, 2.75) is 51.8 Å². The third-order valence-corrected chi connectivity index (χ3v) is 3.82. The van der Waals surface area contributed by atoms with Gasteiger partial charge in [0.25, 0.3) is 0 Å². The molecule has 0 aromatic carbocycles. The van der Waals surface area contributed by atoms with Gasteiger partial charge in [-0.3, -0.25) is 0 Å². The van der Waals surface area contributed by atoms with Gasteiger partial charge in [0, 0.05) is 30.3 Å². The summed E-state index contributed by atoms with van der Waals surface area (Å²) in [5, 5.41) is 4.63. The Labute approximate surface area is 101 Å². The first-order valence-corrected chi connectivity index (χ1v) is 6.94. The van der Waals surface area contributed by atoms with Crippen molar-refractivity contribution < 1.29 is 4.74 Å². The molecule has 0 saturated heterocycles. The van der Waals surface area contributed by atoms with Crippen molar-refractivity contribution in [1.29, 1.82) is 0 Å². The Bertz CT molecular complexity index is 323. The monoisotopic (exact) mass is 240 g/mol. The van der Waals surface area contributed by atoms with Crippen molar-refractivity contribution in [2.75, 3.05) is 6.61 Å². The Morgan fingerprint density at radius 1 is 1.56 bits per heavy atom. The predicted molar refractivity (Wildman–Crippen MR) is 66.6 cm³/mol. The minimum atomic E-state index is 0.185. The Morgan fingerprint density at radius 3 is 3.00 bits per heavy atom. The zero-order valence-electron chi connectivity index (χ0n) is 10.0. The van der Waals surface area contributed by atoms with E-state index in [0.717, 1.165) is 30.6 Å². The maximum atomic E-state index is 5.66. The van der Waals surface area contributed by atoms with Gasteiger partial charge in [0.2, 0.25) is 0 Å². The molecule has 1 aliphatic rings. The van der Waals surface area contributed by atoms with Crippen molar-refractivity contribution in [3.8, 4) is 0 Å². The van der Waals surface area contributed by atoms with E-state index in [1.807, 2.05) is 13.1 Å². The van der Waals surface area contributed by atoms with Crippen molar-refractivity contribution in [1.82, 2.24) is 10.3 Å². The first-order chi connectivity index (χ1) is 7.83. The van der Waals surface area contributed by atoms with Crippen LogP contribution in [0.5, 0.6) is 0 Å². The molecule has 90 valence electrons. The smallest absolute Gasteiger partial charge is 0.122 e. The van der Waals surface area contributed by atoms with Crippen LogP contribution in [-0.4, -0.2) is 17.6 Å². The van der Waals surface area contributed by atoms with E-state index >= 15 is 0 Å². The van der Waals surface area contributed by atoms with E-state index < -0.39 is 0 Å². The number of ether oxygens (including phenoxy) is 1. The van der Waals surface area contributed by atoms with Crippen LogP contribution in [0.1, 0.15) is 49.1 Å². The number of nitrogens with one attached hydrogen (secondary N) is 1. The highest BCUT2D eigenvalue weighted by molar-refractivity contribution is 7.11. The summed E-state index contributed by atoms with van der Waals surface area (Å²) >= 11 is 1.78. The standard InChI is InChI=1S/C12H20N2OS/c1-3-11(15-4-2)12-14-8-10(16-12)7-13-9-5-6-9/h8-9,11,13H,3-7H2,1-2H3. The Hall–Kier alpha value is -0.450. The zero-order chi connectivity index (χ0) is 11.4. The van der Waals surface area contributed by atoms with Crippen molar-refractivity contribution in [3.63, 3.8) is 0 Å². The van der Waals surface area contributed by atoms with Crippen LogP contribution in [0.25, 0.3) is 0 Å². The van der Waals surface area contributed by atoms with Crippen LogP contribution < -0.4 is 5.32 Å². The lowest BCUT2D eigenvalue weighted by Gasteiger charge is -2.11. The first kappa shape index (κ1) is 12.0. The average molecular weight is 240 g/mol. The summed E-state index contributed by atoms with van der Waals surface area (Å²) < 4.78 is 5.66. The summed E-state index contributed by atoms with van der Waals surface area (Å²) in [4.78, 5) is 5.78. The number of aromatic nitrogens is 1. The molecule has 1 N–H and O–H groups in total. The molecule has 1 unspecified atom stereocenters. The number of nitrogens with zero attached hydrogens (tertiary/aromatic N) is 1. The fourth-order valence-corrected chi connectivity index (χ4v) is 2.65. The third kappa shape index (κ3) is 3.27. The zero-order valence-corrected chi connectivity index (χ0v) is 10.8. The van der Waals surface area contributed by atoms with Gasteiger partial charge in [0.1, 0.15) is 11.1 Å². The Morgan fingerprint density at radius 2 is 2.38 bits per heavy atom. The van der Waals surface area contributed by atoms with Crippen LogP contribution in [0.3, 0.4) is 0 Å². The predicted octanol–water partition coefficient (Wildman–Crippen LogP) is 2.88. The summed E-state index contributed by atoms with van der Waals surface area (Å²) in [5.74, 6) is 0. The lowest BCUT2D eigenvalue weighted by Crippen LogP contribution is -2.14. The maximum Gasteiger partial charge on any atom is 0.122 e. The molecular weight excluding hydrogens is 220 g/mol. The van der Waals surface area contributed by atoms with Gasteiger partial charge in [0.05, 0.1) is 0 Å². The SMILES string of the molecule is CCOC(CC)c1ncc(CNC2CC2)s1. The van der Waals surface area contributed by atoms with Gasteiger partial charge in [-0.05, 0) is 26.2 Å². The second-order valence-corrected chi connectivity index (χ2v) is 5.32. The molecule has 1 fully saturated rings. The molecule has 1 aliphatic carbocycles. The molecule has 0 amide bonds. The van der Waals surface area contributed by atoms with E-state index in [-0.39, 0.29) is 6.10 Å². The number of thiazole rings is 1. The van der Waals surface area contributed by atoms with Crippen molar-refractivity contribution in [3.05, 3.63) is 16.1 Å². The van der Waals surface area contributed by atoms with Gasteiger partial charge < -0.3 is 10.1 Å². The number of hydrogen-bond acceptors (Lipinski definition) is 4. The molecular formula is C12H20N2OS. The van der Waals surface area contributed by atoms with E-state index in [2.05, 4.69) is 17.2 Å². The highest BCUT2D eigenvalue weighted by Crippen LogP contribution is 2.26. The molecule has 4 heteroatoms. The molecule has 0 radical (unpaired) electrons. The van der Waals surface area contributed by atoms with E-state index in [4.69, 9.17) is 4.74 Å². The van der Waals surface area contributed by atoms with Gasteiger partial charge in [-0.2, -0.15) is 0 Å². The summed E-state index contributed by atoms with van der Waals surface area (Å²) in [7, 11) is 0. The third-order valence-electron chi connectivity index (χ3n) is 2.73. The first-order valence-electron chi connectivity index (χ1n) is 6.13. The molecule has 16 heavy (non-hydrogen) atoms. The van der Waals surface area contributed by atoms with Crippen LogP contribution in [0.2, 0.25) is 0 Å². The van der Waals surface area contributed by atoms with Crippen LogP contribution in [0.15, 0.2) is 6.20 Å². The lowest BCUT2D eigenvalue weighted by molar-refractivity contribution is 0.0596. The molecule has 1 aromatic heterocycles. The molecule has 0 aliphatic heterocycles. The number of hydrogen-bond donors (Lipinski definition) is 1. The molecule has 1 atom stereocenters. The molecule has 1 aromatic rings. The van der Waals surface area contributed by atoms with Crippen molar-refractivity contribution in [2.24, 2.45) is 0 Å². The quantitative estimate of drug-likeness (QED) is 0.795. The summed E-state index contributed by atoms with van der Waals surface area (Å²) in [6.07, 6.45) is 5.84. The van der Waals surface area contributed by atoms with Gasteiger partial charge in [-0.25, -0.2) is 4.98 Å². The van der Waals surface area contributed by atoms with Gasteiger partial charge >= 0.3 is 0 Å². The van der Waals surface area contributed by atoms with Crippen LogP contribution in [0.4, 0.5) is 0 Å². The number of rotatable bonds is 7. The fourth-order valence-electron chi connectivity index (χ4n) is 1.65. The van der Waals surface area contributed by atoms with Crippen LogP contribution >= 0.6 is 11.3 Å². The summed E-state index contributed by atoms with van der Waals surface area (Å²) in [6, 6.07) is 0.763. The minimum absolute atomic E-state index is 0.185. The van der Waals surface area contributed by atoms with Gasteiger partial charge in [-0.15, -0.1) is 11.3 Å². The molecule has 0 bridgehead atoms. The highest BCUT2D eigenvalue weighted by Gasteiger charge is 2.20. The summed E-state index contributed by atoms with van der Waals surface area (Å²) in [6.45, 7) is 5.90. The maximum absolute atomic E-state index is 5.66. The van der Waals surface area contributed by atoms with Crippen molar-refractivity contribution >= 4 is 11.3 Å². The topological polar surface area (TPSA) is 34.1 Å². The van der Waals surface area contributed by atoms with E-state index in [0.29, 0.717) is 0 Å². The molecule has 1 heterocycles. The van der Waals surface area contributed by atoms with Crippen LogP contribution in [-0.2, 0) is 11.3 Å². The van der Waals surface area contributed by atoms with Crippen LogP contribution in [0, 0.1) is 0 Å². The van der Waals surface area contributed by atoms with Gasteiger partial charge in [0.15, 0.2) is 0 Å². The lowest BCUT2D eigenvalue weighted by atomic mass is 10.3. The molecule has 3 nitrogen and oxygen atoms in total. The summed E-state index contributed by atoms with van der Waals surface area (Å²) in [5.41, 5.74) is 0. The highest BCUT2D eigenvalue weighted by atomic mass is 32.1. The normalized spacial score (nSPS) is 17.6. The second kappa shape index (κ2) is 5.75. The molecule has 2 rings (SSSR count). The molecule has 1 saturated carbocycles. The minimum Gasteiger partial charge on any atom is -0.371 e. The fraction of sp³-hybridized carbons (Fsp3) is 0.750. The van der Waals surface area contributed by atoms with E-state index in [1.165, 1.54) is 17.7 Å². The average Bonchev–Trinajstić information content (AvgIpc) is 3.02. The van der Waals surface area contributed by atoms with E-state index in [1.54, 1.807) is 11.3 Å². The Balaban J connectivity index is 1.88. The molecule has 0 spiro atoms.